The van der Waals surface area contributed by atoms with E-state index < -0.39 is 0 Å². The van der Waals surface area contributed by atoms with E-state index in [0.29, 0.717) is 12.0 Å². The smallest absolute Gasteiger partial charge is 0.0505 e. The predicted molar refractivity (Wildman–Crippen MR) is 80.2 cm³/mol. The summed E-state index contributed by atoms with van der Waals surface area (Å²) in [5.74, 6) is 0.632. The Morgan fingerprint density at radius 3 is 2.89 bits per heavy atom. The molecule has 0 spiro atoms. The van der Waals surface area contributed by atoms with Crippen molar-refractivity contribution in [1.82, 2.24) is 10.3 Å². The van der Waals surface area contributed by atoms with Gasteiger partial charge in [-0.15, -0.1) is 11.3 Å². The lowest BCUT2D eigenvalue weighted by Gasteiger charge is -2.22. The highest BCUT2D eigenvalue weighted by Gasteiger charge is 2.15. The molecule has 0 aliphatic heterocycles. The summed E-state index contributed by atoms with van der Waals surface area (Å²) in [6.07, 6.45) is 4.14. The maximum absolute atomic E-state index is 4.58. The first kappa shape index (κ1) is 13.5. The molecule has 0 bridgehead atoms. The van der Waals surface area contributed by atoms with Crippen LogP contribution in [-0.2, 0) is 6.42 Å². The van der Waals surface area contributed by atoms with Crippen LogP contribution in [0.5, 0.6) is 0 Å². The van der Waals surface area contributed by atoms with Crippen LogP contribution in [0.15, 0.2) is 23.7 Å². The molecule has 1 N–H and O–H groups in total. The highest BCUT2D eigenvalue weighted by molar-refractivity contribution is 7.17. The van der Waals surface area contributed by atoms with Crippen LogP contribution in [0.3, 0.4) is 0 Å². The van der Waals surface area contributed by atoms with E-state index in [1.165, 1.54) is 22.2 Å². The number of rotatable bonds is 6. The SMILES string of the molecule is CCCNC(Cc1nccc2sccc12)C(C)C. The number of nitrogens with one attached hydrogen (secondary N) is 1. The highest BCUT2D eigenvalue weighted by atomic mass is 32.1. The van der Waals surface area contributed by atoms with Crippen molar-refractivity contribution in [2.45, 2.75) is 39.7 Å². The minimum absolute atomic E-state index is 0.517. The molecule has 0 fully saturated rings. The number of fused-ring (bicyclic) bond motifs is 1. The third-order valence-electron chi connectivity index (χ3n) is 3.34. The van der Waals surface area contributed by atoms with E-state index in [0.717, 1.165) is 13.0 Å². The van der Waals surface area contributed by atoms with Crippen LogP contribution in [0.4, 0.5) is 0 Å². The highest BCUT2D eigenvalue weighted by Crippen LogP contribution is 2.24. The Bertz CT molecular complexity index is 490. The maximum atomic E-state index is 4.58. The lowest BCUT2D eigenvalue weighted by atomic mass is 9.97. The van der Waals surface area contributed by atoms with Crippen LogP contribution in [0.25, 0.3) is 10.1 Å². The summed E-state index contributed by atoms with van der Waals surface area (Å²) in [6, 6.07) is 4.82. The average molecular weight is 262 g/mol. The molecule has 2 aromatic heterocycles. The molecular weight excluding hydrogens is 240 g/mol. The summed E-state index contributed by atoms with van der Waals surface area (Å²) in [7, 11) is 0. The zero-order chi connectivity index (χ0) is 13.0. The van der Waals surface area contributed by atoms with Gasteiger partial charge in [-0.3, -0.25) is 4.98 Å². The van der Waals surface area contributed by atoms with Crippen molar-refractivity contribution < 1.29 is 0 Å². The van der Waals surface area contributed by atoms with Crippen LogP contribution in [-0.4, -0.2) is 17.6 Å². The molecule has 18 heavy (non-hydrogen) atoms. The second kappa shape index (κ2) is 6.30. The van der Waals surface area contributed by atoms with E-state index in [2.05, 4.69) is 48.6 Å². The van der Waals surface area contributed by atoms with Gasteiger partial charge >= 0.3 is 0 Å². The van der Waals surface area contributed by atoms with Gasteiger partial charge in [0.15, 0.2) is 0 Å². The van der Waals surface area contributed by atoms with Gasteiger partial charge in [-0.25, -0.2) is 0 Å². The summed E-state index contributed by atoms with van der Waals surface area (Å²) in [6.45, 7) is 7.85. The van der Waals surface area contributed by atoms with Gasteiger partial charge < -0.3 is 5.32 Å². The van der Waals surface area contributed by atoms with Crippen LogP contribution >= 0.6 is 11.3 Å². The number of hydrogen-bond acceptors (Lipinski definition) is 3. The molecule has 2 aromatic rings. The van der Waals surface area contributed by atoms with E-state index in [1.807, 2.05) is 6.20 Å². The van der Waals surface area contributed by atoms with E-state index in [4.69, 9.17) is 0 Å². The topological polar surface area (TPSA) is 24.9 Å². The number of aromatic nitrogens is 1. The van der Waals surface area contributed by atoms with Crippen LogP contribution in [0, 0.1) is 5.92 Å². The van der Waals surface area contributed by atoms with Crippen LogP contribution < -0.4 is 5.32 Å². The molecule has 0 aliphatic rings. The second-order valence-electron chi connectivity index (χ2n) is 5.10. The van der Waals surface area contributed by atoms with Gasteiger partial charge in [0.25, 0.3) is 0 Å². The lowest BCUT2D eigenvalue weighted by Crippen LogP contribution is -2.36. The number of hydrogen-bond donors (Lipinski definition) is 1. The molecular formula is C15H22N2S. The van der Waals surface area contributed by atoms with Gasteiger partial charge in [0, 0.05) is 28.7 Å². The lowest BCUT2D eigenvalue weighted by molar-refractivity contribution is 0.395. The molecule has 3 heteroatoms. The molecule has 1 atom stereocenters. The zero-order valence-corrected chi connectivity index (χ0v) is 12.3. The van der Waals surface area contributed by atoms with Gasteiger partial charge in [0.05, 0.1) is 5.69 Å². The summed E-state index contributed by atoms with van der Waals surface area (Å²) in [4.78, 5) is 4.58. The average Bonchev–Trinajstić information content (AvgIpc) is 2.83. The van der Waals surface area contributed by atoms with Crippen molar-refractivity contribution in [2.75, 3.05) is 6.54 Å². The van der Waals surface area contributed by atoms with E-state index in [-0.39, 0.29) is 0 Å². The largest absolute Gasteiger partial charge is 0.313 e. The quantitative estimate of drug-likeness (QED) is 0.855. The van der Waals surface area contributed by atoms with Crippen molar-refractivity contribution in [2.24, 2.45) is 5.92 Å². The Hall–Kier alpha value is -0.930. The molecule has 0 amide bonds. The fraction of sp³-hybridized carbons (Fsp3) is 0.533. The van der Waals surface area contributed by atoms with Gasteiger partial charge in [0.2, 0.25) is 0 Å². The van der Waals surface area contributed by atoms with Crippen LogP contribution in [0.2, 0.25) is 0 Å². The molecule has 1 unspecified atom stereocenters. The summed E-state index contributed by atoms with van der Waals surface area (Å²) in [5, 5.41) is 7.12. The van der Waals surface area contributed by atoms with Gasteiger partial charge in [-0.1, -0.05) is 20.8 Å². The van der Waals surface area contributed by atoms with Crippen molar-refractivity contribution in [3.63, 3.8) is 0 Å². The molecule has 2 rings (SSSR count). The molecule has 2 nitrogen and oxygen atoms in total. The minimum atomic E-state index is 0.517. The number of pyridine rings is 1. The Kier molecular flexibility index (Phi) is 4.72. The molecule has 2 heterocycles. The first-order valence-electron chi connectivity index (χ1n) is 6.76. The standard InChI is InChI=1S/C15H22N2S/c1-4-7-16-13(11(2)3)10-14-12-6-9-18-15(12)5-8-17-14/h5-6,8-9,11,13,16H,4,7,10H2,1-3H3. The normalized spacial score (nSPS) is 13.3. The molecule has 0 saturated heterocycles. The number of nitrogens with zero attached hydrogens (tertiary/aromatic N) is 1. The van der Waals surface area contributed by atoms with Gasteiger partial charge in [0.1, 0.15) is 0 Å². The Morgan fingerprint density at radius 2 is 2.17 bits per heavy atom. The third-order valence-corrected chi connectivity index (χ3v) is 4.22. The Labute approximate surface area is 113 Å². The zero-order valence-electron chi connectivity index (χ0n) is 11.4. The first-order valence-corrected chi connectivity index (χ1v) is 7.64. The third kappa shape index (κ3) is 3.09. The van der Waals surface area contributed by atoms with Crippen molar-refractivity contribution >= 4 is 21.4 Å². The summed E-state index contributed by atoms with van der Waals surface area (Å²) in [5.41, 5.74) is 1.23. The van der Waals surface area contributed by atoms with Crippen molar-refractivity contribution in [3.05, 3.63) is 29.4 Å². The first-order chi connectivity index (χ1) is 8.72. The molecule has 98 valence electrons. The second-order valence-corrected chi connectivity index (χ2v) is 6.05. The monoisotopic (exact) mass is 262 g/mol. The predicted octanol–water partition coefficient (Wildman–Crippen LogP) is 3.86. The number of thiophene rings is 1. The van der Waals surface area contributed by atoms with Crippen molar-refractivity contribution in [1.29, 1.82) is 0 Å². The minimum Gasteiger partial charge on any atom is -0.313 e. The van der Waals surface area contributed by atoms with Crippen molar-refractivity contribution in [3.8, 4) is 0 Å². The molecule has 0 aromatic carbocycles. The Balaban J connectivity index is 2.17. The summed E-state index contributed by atoms with van der Waals surface area (Å²) >= 11 is 1.79. The molecule has 0 aliphatic carbocycles. The van der Waals surface area contributed by atoms with E-state index >= 15 is 0 Å². The van der Waals surface area contributed by atoms with Gasteiger partial charge in [-0.05, 0) is 36.4 Å². The Morgan fingerprint density at radius 1 is 1.33 bits per heavy atom. The fourth-order valence-electron chi connectivity index (χ4n) is 2.20. The molecule has 0 radical (unpaired) electrons. The maximum Gasteiger partial charge on any atom is 0.0505 e. The molecule has 0 saturated carbocycles. The fourth-order valence-corrected chi connectivity index (χ4v) is 3.00. The van der Waals surface area contributed by atoms with Crippen LogP contribution in [0.1, 0.15) is 32.9 Å². The van der Waals surface area contributed by atoms with Gasteiger partial charge in [-0.2, -0.15) is 0 Å². The summed E-state index contributed by atoms with van der Waals surface area (Å²) < 4.78 is 1.35. The van der Waals surface area contributed by atoms with E-state index in [9.17, 15) is 0 Å². The van der Waals surface area contributed by atoms with E-state index in [1.54, 1.807) is 11.3 Å².